The van der Waals surface area contributed by atoms with Gasteiger partial charge in [-0.3, -0.25) is 4.79 Å². The third-order valence-corrected chi connectivity index (χ3v) is 7.84. The molecular formula is C29H32N2O3. The first kappa shape index (κ1) is 22.5. The van der Waals surface area contributed by atoms with Crippen LogP contribution < -0.4 is 4.74 Å². The minimum Gasteiger partial charge on any atom is -0.494 e. The molecule has 1 fully saturated rings. The molecule has 5 nitrogen and oxygen atoms in total. The van der Waals surface area contributed by atoms with Gasteiger partial charge in [-0.1, -0.05) is 55.5 Å². The molecule has 1 aromatic heterocycles. The van der Waals surface area contributed by atoms with Crippen molar-refractivity contribution < 1.29 is 14.6 Å². The largest absolute Gasteiger partial charge is 0.494 e. The number of imidazole rings is 1. The number of hydrogen-bond donors (Lipinski definition) is 2. The Morgan fingerprint density at radius 2 is 1.85 bits per heavy atom. The molecule has 2 aliphatic carbocycles. The van der Waals surface area contributed by atoms with Gasteiger partial charge < -0.3 is 14.8 Å². The predicted molar refractivity (Wildman–Crippen MR) is 136 cm³/mol. The van der Waals surface area contributed by atoms with Crippen molar-refractivity contribution in [2.45, 2.75) is 45.4 Å². The summed E-state index contributed by atoms with van der Waals surface area (Å²) in [6, 6.07) is 14.5. The fraction of sp³-hybridized carbons (Fsp3) is 0.379. The molecule has 1 unspecified atom stereocenters. The summed E-state index contributed by atoms with van der Waals surface area (Å²) in [5.41, 5.74) is 5.48. The van der Waals surface area contributed by atoms with Crippen LogP contribution in [0.5, 0.6) is 5.75 Å². The highest BCUT2D eigenvalue weighted by atomic mass is 16.5. The van der Waals surface area contributed by atoms with Crippen LogP contribution in [-0.2, 0) is 4.79 Å². The van der Waals surface area contributed by atoms with Gasteiger partial charge in [-0.05, 0) is 72.6 Å². The standard InChI is InChI=1S/C29H32N2O3/c1-29(23-12-6-19(7-13-23)18-26(32)33)16-14-21(15-17-29)20-8-10-22(11-9-20)28-30-24-4-3-5-25(34-2)27(24)31-28/h3-5,8-11,14-16,19,23H,6-7,12-13,17-18H2,1-2H3,(H,30,31)(H,32,33). The number of allylic oxidation sites excluding steroid dienone is 4. The zero-order valence-electron chi connectivity index (χ0n) is 19.9. The average molecular weight is 457 g/mol. The van der Waals surface area contributed by atoms with Gasteiger partial charge in [0.15, 0.2) is 0 Å². The summed E-state index contributed by atoms with van der Waals surface area (Å²) in [5, 5.41) is 9.08. The van der Waals surface area contributed by atoms with E-state index in [0.717, 1.165) is 60.3 Å². The van der Waals surface area contributed by atoms with Crippen LogP contribution in [0.3, 0.4) is 0 Å². The van der Waals surface area contributed by atoms with Gasteiger partial charge in [0.05, 0.1) is 12.6 Å². The van der Waals surface area contributed by atoms with E-state index in [0.29, 0.717) is 18.3 Å². The Morgan fingerprint density at radius 3 is 2.50 bits per heavy atom. The van der Waals surface area contributed by atoms with E-state index in [4.69, 9.17) is 14.8 Å². The number of carboxylic acid groups (broad SMARTS) is 1. The number of rotatable bonds is 6. The van der Waals surface area contributed by atoms with Gasteiger partial charge in [0.2, 0.25) is 0 Å². The first-order valence-electron chi connectivity index (χ1n) is 12.2. The number of aliphatic carboxylic acids is 1. The Hall–Kier alpha value is -3.34. The van der Waals surface area contributed by atoms with Crippen molar-refractivity contribution in [2.24, 2.45) is 17.3 Å². The Morgan fingerprint density at radius 1 is 1.12 bits per heavy atom. The van der Waals surface area contributed by atoms with Gasteiger partial charge in [0.1, 0.15) is 17.1 Å². The number of nitrogens with one attached hydrogen (secondary N) is 1. The van der Waals surface area contributed by atoms with Gasteiger partial charge in [-0.25, -0.2) is 4.98 Å². The molecule has 0 spiro atoms. The fourth-order valence-corrected chi connectivity index (χ4v) is 5.66. The van der Waals surface area contributed by atoms with Crippen molar-refractivity contribution in [2.75, 3.05) is 7.11 Å². The highest BCUT2D eigenvalue weighted by Gasteiger charge is 2.35. The van der Waals surface area contributed by atoms with Crippen molar-refractivity contribution in [3.05, 3.63) is 66.3 Å². The number of hydrogen-bond acceptors (Lipinski definition) is 3. The van der Waals surface area contributed by atoms with E-state index in [1.165, 1.54) is 11.1 Å². The molecule has 0 bridgehead atoms. The van der Waals surface area contributed by atoms with E-state index in [1.54, 1.807) is 7.11 Å². The molecule has 176 valence electrons. The maximum Gasteiger partial charge on any atom is 0.303 e. The van der Waals surface area contributed by atoms with E-state index in [2.05, 4.69) is 54.4 Å². The molecule has 2 aliphatic rings. The highest BCUT2D eigenvalue weighted by molar-refractivity contribution is 5.85. The zero-order valence-corrected chi connectivity index (χ0v) is 19.9. The smallest absolute Gasteiger partial charge is 0.303 e. The predicted octanol–water partition coefficient (Wildman–Crippen LogP) is 6.87. The second-order valence-electron chi connectivity index (χ2n) is 10.0. The second kappa shape index (κ2) is 9.13. The molecule has 0 radical (unpaired) electrons. The van der Waals surface area contributed by atoms with E-state index in [-0.39, 0.29) is 5.41 Å². The number of aromatic amines is 1. The minimum absolute atomic E-state index is 0.158. The molecule has 1 atom stereocenters. The van der Waals surface area contributed by atoms with Crippen LogP contribution in [-0.4, -0.2) is 28.2 Å². The number of carbonyl (C=O) groups is 1. The number of carboxylic acids is 1. The normalized spacial score (nSPS) is 24.7. The molecule has 1 heterocycles. The highest BCUT2D eigenvalue weighted by Crippen LogP contribution is 2.47. The number of benzene rings is 2. The summed E-state index contributed by atoms with van der Waals surface area (Å²) in [4.78, 5) is 19.2. The third-order valence-electron chi connectivity index (χ3n) is 7.84. The summed E-state index contributed by atoms with van der Waals surface area (Å²) in [6.07, 6.45) is 12.7. The first-order chi connectivity index (χ1) is 16.4. The average Bonchev–Trinajstić information content (AvgIpc) is 3.29. The van der Waals surface area contributed by atoms with Crippen molar-refractivity contribution >= 4 is 22.6 Å². The summed E-state index contributed by atoms with van der Waals surface area (Å²) in [5.74, 6) is 1.92. The quantitative estimate of drug-likeness (QED) is 0.424. The molecule has 5 rings (SSSR count). The molecule has 34 heavy (non-hydrogen) atoms. The van der Waals surface area contributed by atoms with E-state index in [9.17, 15) is 4.79 Å². The number of nitrogens with zero attached hydrogens (tertiary/aromatic N) is 1. The molecular weight excluding hydrogens is 424 g/mol. The molecule has 2 aromatic carbocycles. The Kier molecular flexibility index (Phi) is 6.03. The van der Waals surface area contributed by atoms with Crippen LogP contribution in [0.15, 0.2) is 60.7 Å². The Bertz CT molecular complexity index is 1250. The Labute approximate surface area is 200 Å². The number of fused-ring (bicyclic) bond motifs is 1. The maximum absolute atomic E-state index is 11.0. The number of para-hydroxylation sites is 1. The monoisotopic (exact) mass is 456 g/mol. The van der Waals surface area contributed by atoms with Gasteiger partial charge in [0, 0.05) is 12.0 Å². The topological polar surface area (TPSA) is 75.2 Å². The van der Waals surface area contributed by atoms with Crippen molar-refractivity contribution in [3.63, 3.8) is 0 Å². The van der Waals surface area contributed by atoms with Crippen LogP contribution in [0, 0.1) is 17.3 Å². The molecule has 1 saturated carbocycles. The van der Waals surface area contributed by atoms with Crippen molar-refractivity contribution in [3.8, 4) is 17.1 Å². The molecule has 5 heteroatoms. The Balaban J connectivity index is 1.26. The number of H-pyrrole nitrogens is 1. The first-order valence-corrected chi connectivity index (χ1v) is 12.2. The lowest BCUT2D eigenvalue weighted by Gasteiger charge is -2.40. The molecule has 0 amide bonds. The third kappa shape index (κ3) is 4.39. The number of aromatic nitrogens is 2. The van der Waals surface area contributed by atoms with Crippen molar-refractivity contribution in [1.82, 2.24) is 9.97 Å². The number of ether oxygens (including phenoxy) is 1. The van der Waals surface area contributed by atoms with Crippen LogP contribution >= 0.6 is 0 Å². The summed E-state index contributed by atoms with van der Waals surface area (Å²) in [6.45, 7) is 2.36. The van der Waals surface area contributed by atoms with Crippen LogP contribution in [0.4, 0.5) is 0 Å². The summed E-state index contributed by atoms with van der Waals surface area (Å²) >= 11 is 0. The lowest BCUT2D eigenvalue weighted by Crippen LogP contribution is -2.30. The van der Waals surface area contributed by atoms with E-state index >= 15 is 0 Å². The molecule has 2 N–H and O–H groups in total. The fourth-order valence-electron chi connectivity index (χ4n) is 5.66. The van der Waals surface area contributed by atoms with Crippen LogP contribution in [0.25, 0.3) is 28.0 Å². The molecule has 0 saturated heterocycles. The van der Waals surface area contributed by atoms with Crippen LogP contribution in [0.1, 0.15) is 51.0 Å². The zero-order chi connectivity index (χ0) is 23.7. The second-order valence-corrected chi connectivity index (χ2v) is 10.0. The lowest BCUT2D eigenvalue weighted by molar-refractivity contribution is -0.138. The van der Waals surface area contributed by atoms with Crippen molar-refractivity contribution in [1.29, 1.82) is 0 Å². The lowest BCUT2D eigenvalue weighted by atomic mass is 9.64. The van der Waals surface area contributed by atoms with E-state index in [1.807, 2.05) is 18.2 Å². The maximum atomic E-state index is 11.0. The van der Waals surface area contributed by atoms with Crippen LogP contribution in [0.2, 0.25) is 0 Å². The molecule has 3 aromatic rings. The summed E-state index contributed by atoms with van der Waals surface area (Å²) < 4.78 is 5.43. The van der Waals surface area contributed by atoms with E-state index < -0.39 is 5.97 Å². The molecule has 0 aliphatic heterocycles. The van der Waals surface area contributed by atoms with Gasteiger partial charge in [-0.2, -0.15) is 0 Å². The van der Waals surface area contributed by atoms with Gasteiger partial charge >= 0.3 is 5.97 Å². The SMILES string of the molecule is COc1cccc2[nH]c(-c3ccc(C4=CCC(C)(C5CCC(CC(=O)O)CC5)C=C4)cc3)nc12. The number of methoxy groups -OCH3 is 1. The minimum atomic E-state index is -0.661. The van der Waals surface area contributed by atoms with Gasteiger partial charge in [-0.15, -0.1) is 0 Å². The van der Waals surface area contributed by atoms with Gasteiger partial charge in [0.25, 0.3) is 0 Å². The summed E-state index contributed by atoms with van der Waals surface area (Å²) in [7, 11) is 1.67.